The highest BCUT2D eigenvalue weighted by Gasteiger charge is 2.34. The van der Waals surface area contributed by atoms with Crippen LogP contribution in [0.5, 0.6) is 5.75 Å². The molecule has 3 N–H and O–H groups in total. The van der Waals surface area contributed by atoms with Gasteiger partial charge in [0.1, 0.15) is 10.8 Å². The standard InChI is InChI=1S/C21H30N4O3S/c1-3-22-20(24-14-21(8-10-26)9-11-28-15-21)23-12-17-13-29-19(25-17)16-4-6-18(27-2)7-5-16/h4-7,13,26H,3,8-12,14-15H2,1-2H3,(H2,22,23,24). The van der Waals surface area contributed by atoms with Gasteiger partial charge < -0.3 is 25.2 Å². The Labute approximate surface area is 176 Å². The molecule has 1 atom stereocenters. The number of aliphatic imine (C=N–C) groups is 1. The van der Waals surface area contributed by atoms with Crippen molar-refractivity contribution in [3.8, 4) is 16.3 Å². The molecule has 0 bridgehead atoms. The van der Waals surface area contributed by atoms with E-state index in [9.17, 15) is 5.11 Å². The quantitative estimate of drug-likeness (QED) is 0.429. The summed E-state index contributed by atoms with van der Waals surface area (Å²) in [5, 5.41) is 19.1. The molecule has 7 nitrogen and oxygen atoms in total. The number of hydrogen-bond acceptors (Lipinski definition) is 6. The minimum Gasteiger partial charge on any atom is -0.497 e. The summed E-state index contributed by atoms with van der Waals surface area (Å²) in [7, 11) is 1.66. The van der Waals surface area contributed by atoms with Crippen molar-refractivity contribution in [2.24, 2.45) is 10.4 Å². The number of hydrogen-bond donors (Lipinski definition) is 3. The number of aliphatic hydroxyl groups excluding tert-OH is 1. The Bertz CT molecular complexity index is 785. The van der Waals surface area contributed by atoms with E-state index in [1.807, 2.05) is 36.6 Å². The van der Waals surface area contributed by atoms with Crippen LogP contribution in [0.25, 0.3) is 10.6 Å². The fourth-order valence-corrected chi connectivity index (χ4v) is 4.15. The number of ether oxygens (including phenoxy) is 2. The third kappa shape index (κ3) is 5.91. The van der Waals surface area contributed by atoms with E-state index in [1.54, 1.807) is 18.4 Å². The maximum Gasteiger partial charge on any atom is 0.191 e. The van der Waals surface area contributed by atoms with Crippen LogP contribution in [-0.2, 0) is 11.3 Å². The summed E-state index contributed by atoms with van der Waals surface area (Å²) in [6.07, 6.45) is 1.69. The van der Waals surface area contributed by atoms with Gasteiger partial charge in [0.2, 0.25) is 0 Å². The maximum absolute atomic E-state index is 9.39. The third-order valence-corrected chi connectivity index (χ3v) is 6.03. The van der Waals surface area contributed by atoms with E-state index < -0.39 is 0 Å². The molecule has 1 aliphatic heterocycles. The van der Waals surface area contributed by atoms with Crippen molar-refractivity contribution in [3.63, 3.8) is 0 Å². The average Bonchev–Trinajstić information content (AvgIpc) is 3.41. The summed E-state index contributed by atoms with van der Waals surface area (Å²) in [5.41, 5.74) is 1.99. The van der Waals surface area contributed by atoms with E-state index >= 15 is 0 Å². The molecule has 29 heavy (non-hydrogen) atoms. The molecule has 0 saturated carbocycles. The molecule has 1 saturated heterocycles. The zero-order valence-corrected chi connectivity index (χ0v) is 17.9. The predicted octanol–water partition coefficient (Wildman–Crippen LogP) is 2.66. The Hall–Kier alpha value is -2.16. The normalized spacial score (nSPS) is 19.3. The number of thiazole rings is 1. The van der Waals surface area contributed by atoms with Gasteiger partial charge in [-0.2, -0.15) is 0 Å². The monoisotopic (exact) mass is 418 g/mol. The summed E-state index contributed by atoms with van der Waals surface area (Å²) in [6.45, 7) is 5.66. The second kappa shape index (κ2) is 10.6. The second-order valence-corrected chi connectivity index (χ2v) is 8.06. The lowest BCUT2D eigenvalue weighted by molar-refractivity contribution is 0.127. The molecule has 8 heteroatoms. The van der Waals surface area contributed by atoms with Gasteiger partial charge in [-0.05, 0) is 44.0 Å². The zero-order chi connectivity index (χ0) is 20.5. The van der Waals surface area contributed by atoms with E-state index in [2.05, 4.69) is 15.6 Å². The van der Waals surface area contributed by atoms with Crippen LogP contribution in [0.2, 0.25) is 0 Å². The molecule has 3 rings (SSSR count). The van der Waals surface area contributed by atoms with Gasteiger partial charge in [0, 0.05) is 42.7 Å². The van der Waals surface area contributed by atoms with Gasteiger partial charge in [0.25, 0.3) is 0 Å². The summed E-state index contributed by atoms with van der Waals surface area (Å²) in [5.74, 6) is 1.60. The summed E-state index contributed by atoms with van der Waals surface area (Å²) in [4.78, 5) is 9.40. The highest BCUT2D eigenvalue weighted by Crippen LogP contribution is 2.31. The van der Waals surface area contributed by atoms with Crippen molar-refractivity contribution >= 4 is 17.3 Å². The van der Waals surface area contributed by atoms with Gasteiger partial charge in [-0.3, -0.25) is 0 Å². The Kier molecular flexibility index (Phi) is 7.85. The summed E-state index contributed by atoms with van der Waals surface area (Å²) in [6, 6.07) is 7.91. The highest BCUT2D eigenvalue weighted by atomic mass is 32.1. The van der Waals surface area contributed by atoms with Gasteiger partial charge in [0.05, 0.1) is 26.0 Å². The third-order valence-electron chi connectivity index (χ3n) is 5.09. The highest BCUT2D eigenvalue weighted by molar-refractivity contribution is 7.13. The van der Waals surface area contributed by atoms with Gasteiger partial charge in [-0.15, -0.1) is 11.3 Å². The Balaban J connectivity index is 1.61. The van der Waals surface area contributed by atoms with E-state index in [-0.39, 0.29) is 12.0 Å². The Morgan fingerprint density at radius 1 is 1.34 bits per heavy atom. The van der Waals surface area contributed by atoms with E-state index in [0.717, 1.165) is 60.5 Å². The predicted molar refractivity (Wildman–Crippen MR) is 116 cm³/mol. The number of nitrogens with one attached hydrogen (secondary N) is 2. The molecule has 1 aromatic heterocycles. The van der Waals surface area contributed by atoms with Crippen molar-refractivity contribution in [2.75, 3.05) is 40.0 Å². The lowest BCUT2D eigenvalue weighted by atomic mass is 9.84. The SMILES string of the molecule is CCNC(=NCc1csc(-c2ccc(OC)cc2)n1)NCC1(CCO)CCOC1. The van der Waals surface area contributed by atoms with E-state index in [1.165, 1.54) is 0 Å². The largest absolute Gasteiger partial charge is 0.497 e. The molecule has 1 aliphatic rings. The van der Waals surface area contributed by atoms with E-state index in [0.29, 0.717) is 13.2 Å². The van der Waals surface area contributed by atoms with E-state index in [4.69, 9.17) is 14.5 Å². The Morgan fingerprint density at radius 3 is 2.83 bits per heavy atom. The first-order valence-corrected chi connectivity index (χ1v) is 10.9. The van der Waals surface area contributed by atoms with Crippen LogP contribution in [0.3, 0.4) is 0 Å². The van der Waals surface area contributed by atoms with Crippen molar-refractivity contribution in [1.29, 1.82) is 0 Å². The van der Waals surface area contributed by atoms with Gasteiger partial charge in [-0.1, -0.05) is 0 Å². The molecule has 0 aliphatic carbocycles. The number of rotatable bonds is 9. The number of guanidine groups is 1. The lowest BCUT2D eigenvalue weighted by Crippen LogP contribution is -2.44. The Morgan fingerprint density at radius 2 is 2.17 bits per heavy atom. The van der Waals surface area contributed by atoms with Gasteiger partial charge >= 0.3 is 0 Å². The van der Waals surface area contributed by atoms with Crippen LogP contribution in [0.15, 0.2) is 34.6 Å². The second-order valence-electron chi connectivity index (χ2n) is 7.20. The number of aliphatic hydroxyl groups is 1. The van der Waals surface area contributed by atoms with Crippen molar-refractivity contribution in [2.45, 2.75) is 26.3 Å². The first-order valence-electron chi connectivity index (χ1n) is 9.97. The molecule has 158 valence electrons. The molecular weight excluding hydrogens is 388 g/mol. The summed E-state index contributed by atoms with van der Waals surface area (Å²) >= 11 is 1.61. The van der Waals surface area contributed by atoms with Crippen LogP contribution >= 0.6 is 11.3 Å². The van der Waals surface area contributed by atoms with Crippen molar-refractivity contribution in [1.82, 2.24) is 15.6 Å². The van der Waals surface area contributed by atoms with Crippen LogP contribution in [-0.4, -0.2) is 56.1 Å². The average molecular weight is 419 g/mol. The molecule has 2 aromatic rings. The smallest absolute Gasteiger partial charge is 0.191 e. The number of methoxy groups -OCH3 is 1. The topological polar surface area (TPSA) is 88.0 Å². The fraction of sp³-hybridized carbons (Fsp3) is 0.524. The molecule has 2 heterocycles. The van der Waals surface area contributed by atoms with Gasteiger partial charge in [0.15, 0.2) is 5.96 Å². The van der Waals surface area contributed by atoms with Crippen molar-refractivity contribution in [3.05, 3.63) is 35.3 Å². The van der Waals surface area contributed by atoms with Crippen molar-refractivity contribution < 1.29 is 14.6 Å². The van der Waals surface area contributed by atoms with Crippen LogP contribution < -0.4 is 15.4 Å². The van der Waals surface area contributed by atoms with Gasteiger partial charge in [-0.25, -0.2) is 9.98 Å². The molecule has 0 amide bonds. The molecular formula is C21H30N4O3S. The maximum atomic E-state index is 9.39. The first-order chi connectivity index (χ1) is 14.2. The minimum atomic E-state index is -0.0207. The fourth-order valence-electron chi connectivity index (χ4n) is 3.33. The number of aromatic nitrogens is 1. The van der Waals surface area contributed by atoms with Crippen LogP contribution in [0.4, 0.5) is 0 Å². The summed E-state index contributed by atoms with van der Waals surface area (Å²) < 4.78 is 10.8. The molecule has 1 unspecified atom stereocenters. The molecule has 0 radical (unpaired) electrons. The minimum absolute atomic E-state index is 0.0207. The van der Waals surface area contributed by atoms with Crippen LogP contribution in [0.1, 0.15) is 25.5 Å². The molecule has 0 spiro atoms. The first kappa shape index (κ1) is 21.5. The number of nitrogens with zero attached hydrogens (tertiary/aromatic N) is 2. The van der Waals surface area contributed by atoms with Crippen LogP contribution in [0, 0.1) is 5.41 Å². The molecule has 1 fully saturated rings. The molecule has 1 aromatic carbocycles. The number of benzene rings is 1. The zero-order valence-electron chi connectivity index (χ0n) is 17.1. The lowest BCUT2D eigenvalue weighted by Gasteiger charge is -2.27.